The van der Waals surface area contributed by atoms with E-state index in [0.717, 1.165) is 17.7 Å². The van der Waals surface area contributed by atoms with E-state index in [4.69, 9.17) is 4.74 Å². The maximum absolute atomic E-state index is 11.8. The van der Waals surface area contributed by atoms with Crippen molar-refractivity contribution in [3.8, 4) is 5.75 Å². The van der Waals surface area contributed by atoms with Crippen molar-refractivity contribution in [2.75, 3.05) is 13.7 Å². The first-order chi connectivity index (χ1) is 10.3. The molecule has 1 atom stereocenters. The zero-order valence-corrected chi connectivity index (χ0v) is 14.0. The summed E-state index contributed by atoms with van der Waals surface area (Å²) in [6.07, 6.45) is 1.60. The van der Waals surface area contributed by atoms with E-state index in [1.54, 1.807) is 14.0 Å². The average Bonchev–Trinajstić information content (AvgIpc) is 2.49. The third kappa shape index (κ3) is 7.31. The van der Waals surface area contributed by atoms with Gasteiger partial charge in [-0.3, -0.25) is 0 Å². The molecule has 2 amide bonds. The number of ether oxygens (including phenoxy) is 1. The van der Waals surface area contributed by atoms with Gasteiger partial charge >= 0.3 is 6.03 Å². The van der Waals surface area contributed by atoms with Gasteiger partial charge in [0.2, 0.25) is 0 Å². The molecule has 0 aliphatic rings. The predicted molar refractivity (Wildman–Crippen MR) is 87.9 cm³/mol. The van der Waals surface area contributed by atoms with E-state index in [0.29, 0.717) is 18.9 Å². The summed E-state index contributed by atoms with van der Waals surface area (Å²) in [6, 6.07) is 7.24. The number of urea groups is 1. The lowest BCUT2D eigenvalue weighted by molar-refractivity contribution is 0.0476. The Morgan fingerprint density at radius 2 is 2.09 bits per heavy atom. The lowest BCUT2D eigenvalue weighted by Gasteiger charge is -2.24. The minimum Gasteiger partial charge on any atom is -0.497 e. The first-order valence-electron chi connectivity index (χ1n) is 7.69. The van der Waals surface area contributed by atoms with Crippen LogP contribution in [0.3, 0.4) is 0 Å². The number of rotatable bonds is 8. The highest BCUT2D eigenvalue weighted by molar-refractivity contribution is 5.73. The van der Waals surface area contributed by atoms with Crippen LogP contribution in [0.1, 0.15) is 39.2 Å². The van der Waals surface area contributed by atoms with Crippen LogP contribution in [0, 0.1) is 5.92 Å². The molecule has 3 N–H and O–H groups in total. The second-order valence-electron chi connectivity index (χ2n) is 6.32. The Morgan fingerprint density at radius 1 is 1.36 bits per heavy atom. The smallest absolute Gasteiger partial charge is 0.315 e. The van der Waals surface area contributed by atoms with E-state index in [1.807, 2.05) is 24.3 Å². The second kappa shape index (κ2) is 8.63. The summed E-state index contributed by atoms with van der Waals surface area (Å²) < 4.78 is 5.14. The highest BCUT2D eigenvalue weighted by atomic mass is 16.5. The fraction of sp³-hybridized carbons (Fsp3) is 0.588. The van der Waals surface area contributed by atoms with Crippen molar-refractivity contribution in [1.82, 2.24) is 10.6 Å². The molecule has 1 rings (SSSR count). The molecule has 0 saturated carbocycles. The van der Waals surface area contributed by atoms with Crippen LogP contribution in [0.2, 0.25) is 0 Å². The summed E-state index contributed by atoms with van der Waals surface area (Å²) in [5.74, 6) is 1.30. The Labute approximate surface area is 133 Å². The largest absolute Gasteiger partial charge is 0.497 e. The number of carbonyl (C=O) groups excluding carboxylic acids is 1. The van der Waals surface area contributed by atoms with Crippen LogP contribution in [0.5, 0.6) is 5.75 Å². The molecular weight excluding hydrogens is 280 g/mol. The van der Waals surface area contributed by atoms with Crippen LogP contribution in [-0.4, -0.2) is 30.4 Å². The van der Waals surface area contributed by atoms with Crippen LogP contribution in [0.4, 0.5) is 4.79 Å². The van der Waals surface area contributed by atoms with Crippen molar-refractivity contribution in [3.05, 3.63) is 29.8 Å². The molecule has 1 unspecified atom stereocenters. The van der Waals surface area contributed by atoms with Gasteiger partial charge in [-0.1, -0.05) is 26.0 Å². The van der Waals surface area contributed by atoms with Crippen LogP contribution in [-0.2, 0) is 6.54 Å². The SMILES string of the molecule is COc1cccc(CNC(=O)NCC(C)(O)CCC(C)C)c1. The van der Waals surface area contributed by atoms with Gasteiger partial charge in [0.05, 0.1) is 12.7 Å². The van der Waals surface area contributed by atoms with Gasteiger partial charge in [-0.05, 0) is 43.4 Å². The highest BCUT2D eigenvalue weighted by Crippen LogP contribution is 2.15. The Kier molecular flexibility index (Phi) is 7.18. The quantitative estimate of drug-likeness (QED) is 0.691. The Morgan fingerprint density at radius 3 is 2.73 bits per heavy atom. The standard InChI is InChI=1S/C17H28N2O3/c1-13(2)8-9-17(3,21)12-19-16(20)18-11-14-6-5-7-15(10-14)22-4/h5-7,10,13,21H,8-9,11-12H2,1-4H3,(H2,18,19,20). The van der Waals surface area contributed by atoms with Gasteiger partial charge < -0.3 is 20.5 Å². The Hall–Kier alpha value is -1.75. The lowest BCUT2D eigenvalue weighted by Crippen LogP contribution is -2.44. The number of nitrogens with one attached hydrogen (secondary N) is 2. The second-order valence-corrected chi connectivity index (χ2v) is 6.32. The maximum atomic E-state index is 11.8. The zero-order chi connectivity index (χ0) is 16.6. The monoisotopic (exact) mass is 308 g/mol. The number of hydrogen-bond donors (Lipinski definition) is 3. The molecule has 0 fully saturated rings. The summed E-state index contributed by atoms with van der Waals surface area (Å²) in [6.45, 7) is 6.63. The predicted octanol–water partition coefficient (Wildman–Crippen LogP) is 2.68. The average molecular weight is 308 g/mol. The number of methoxy groups -OCH3 is 1. The number of carbonyl (C=O) groups is 1. The molecule has 5 heteroatoms. The van der Waals surface area contributed by atoms with Gasteiger partial charge in [-0.25, -0.2) is 4.79 Å². The van der Waals surface area contributed by atoms with Gasteiger partial charge in [-0.2, -0.15) is 0 Å². The summed E-state index contributed by atoms with van der Waals surface area (Å²) in [5.41, 5.74) is 0.0819. The van der Waals surface area contributed by atoms with E-state index >= 15 is 0 Å². The van der Waals surface area contributed by atoms with Gasteiger partial charge in [0.1, 0.15) is 5.75 Å². The summed E-state index contributed by atoms with van der Waals surface area (Å²) in [7, 11) is 1.61. The van der Waals surface area contributed by atoms with E-state index in [1.165, 1.54) is 0 Å². The minimum absolute atomic E-state index is 0.240. The molecule has 22 heavy (non-hydrogen) atoms. The van der Waals surface area contributed by atoms with E-state index < -0.39 is 5.60 Å². The van der Waals surface area contributed by atoms with Gasteiger partial charge in [-0.15, -0.1) is 0 Å². The first kappa shape index (κ1) is 18.3. The van der Waals surface area contributed by atoms with Crippen LogP contribution in [0.15, 0.2) is 24.3 Å². The minimum atomic E-state index is -0.877. The molecule has 5 nitrogen and oxygen atoms in total. The number of benzene rings is 1. The summed E-state index contributed by atoms with van der Waals surface area (Å²) >= 11 is 0. The van der Waals surface area contributed by atoms with E-state index in [9.17, 15) is 9.90 Å². The number of amides is 2. The van der Waals surface area contributed by atoms with Crippen LogP contribution < -0.4 is 15.4 Å². The van der Waals surface area contributed by atoms with Crippen LogP contribution in [0.25, 0.3) is 0 Å². The van der Waals surface area contributed by atoms with Gasteiger partial charge in [0, 0.05) is 13.1 Å². The molecule has 0 radical (unpaired) electrons. The molecule has 0 aromatic heterocycles. The fourth-order valence-corrected chi connectivity index (χ4v) is 1.99. The molecule has 0 saturated heterocycles. The lowest BCUT2D eigenvalue weighted by atomic mass is 9.95. The summed E-state index contributed by atoms with van der Waals surface area (Å²) in [4.78, 5) is 11.8. The fourth-order valence-electron chi connectivity index (χ4n) is 1.99. The molecular formula is C17H28N2O3. The van der Waals surface area contributed by atoms with Crippen molar-refractivity contribution < 1.29 is 14.6 Å². The van der Waals surface area contributed by atoms with Gasteiger partial charge in [0.15, 0.2) is 0 Å². The van der Waals surface area contributed by atoms with Crippen LogP contribution >= 0.6 is 0 Å². The van der Waals surface area contributed by atoms with Crippen molar-refractivity contribution in [2.45, 2.75) is 45.8 Å². The molecule has 124 valence electrons. The molecule has 0 aliphatic carbocycles. The Balaban J connectivity index is 2.33. The number of aliphatic hydroxyl groups is 1. The van der Waals surface area contributed by atoms with Crippen molar-refractivity contribution in [3.63, 3.8) is 0 Å². The molecule has 0 heterocycles. The van der Waals surface area contributed by atoms with E-state index in [2.05, 4.69) is 24.5 Å². The van der Waals surface area contributed by atoms with E-state index in [-0.39, 0.29) is 12.6 Å². The van der Waals surface area contributed by atoms with Crippen molar-refractivity contribution in [1.29, 1.82) is 0 Å². The van der Waals surface area contributed by atoms with Crippen molar-refractivity contribution >= 4 is 6.03 Å². The van der Waals surface area contributed by atoms with Crippen molar-refractivity contribution in [2.24, 2.45) is 5.92 Å². The topological polar surface area (TPSA) is 70.6 Å². The van der Waals surface area contributed by atoms with Gasteiger partial charge in [0.25, 0.3) is 0 Å². The molecule has 0 bridgehead atoms. The summed E-state index contributed by atoms with van der Waals surface area (Å²) in [5, 5.41) is 15.7. The number of hydrogen-bond acceptors (Lipinski definition) is 3. The molecule has 1 aromatic carbocycles. The molecule has 0 spiro atoms. The molecule has 0 aliphatic heterocycles. The molecule has 1 aromatic rings. The third-order valence-corrected chi connectivity index (χ3v) is 3.48. The zero-order valence-electron chi connectivity index (χ0n) is 14.0. The Bertz CT molecular complexity index is 473. The normalized spacial score (nSPS) is 13.5. The first-order valence-corrected chi connectivity index (χ1v) is 7.69. The highest BCUT2D eigenvalue weighted by Gasteiger charge is 2.21. The maximum Gasteiger partial charge on any atom is 0.315 e. The third-order valence-electron chi connectivity index (χ3n) is 3.48.